The molecule has 0 aromatic rings. The number of amides is 1. The molecule has 1 rings (SSSR count). The molecule has 1 aliphatic heterocycles. The molecule has 1 saturated heterocycles. The van der Waals surface area contributed by atoms with Gasteiger partial charge in [0.05, 0.1) is 0 Å². The number of nitrogens with zero attached hydrogens (tertiary/aromatic N) is 1. The van der Waals surface area contributed by atoms with Crippen LogP contribution < -0.4 is 5.32 Å². The maximum Gasteiger partial charge on any atom is 0.220 e. The molecule has 0 aromatic carbocycles. The molecule has 0 bridgehead atoms. The Balaban J connectivity index is 2.56. The van der Waals surface area contributed by atoms with Gasteiger partial charge in [-0.25, -0.2) is 0 Å². The predicted octanol–water partition coefficient (Wildman–Crippen LogP) is 1.38. The first kappa shape index (κ1) is 11.5. The average Bonchev–Trinajstić information content (AvgIpc) is 2.07. The van der Waals surface area contributed by atoms with E-state index >= 15 is 0 Å². The minimum atomic E-state index is 0.203. The zero-order chi connectivity index (χ0) is 10.7. The molecular formula is C11H22N2O. The van der Waals surface area contributed by atoms with Crippen LogP contribution in [-0.2, 0) is 4.79 Å². The fourth-order valence-electron chi connectivity index (χ4n) is 2.41. The first-order chi connectivity index (χ1) is 6.52. The van der Waals surface area contributed by atoms with E-state index in [4.69, 9.17) is 0 Å². The lowest BCUT2D eigenvalue weighted by molar-refractivity contribution is -0.123. The lowest BCUT2D eigenvalue weighted by atomic mass is 10.0. The molecule has 1 N–H and O–H groups in total. The lowest BCUT2D eigenvalue weighted by Gasteiger charge is -2.40. The molecule has 0 radical (unpaired) electrons. The minimum absolute atomic E-state index is 0.203. The van der Waals surface area contributed by atoms with Crippen molar-refractivity contribution in [2.24, 2.45) is 0 Å². The predicted molar refractivity (Wildman–Crippen MR) is 58.1 cm³/mol. The fraction of sp³-hybridized carbons (Fsp3) is 0.909. The second kappa shape index (κ2) is 4.78. The van der Waals surface area contributed by atoms with Gasteiger partial charge in [0.25, 0.3) is 0 Å². The molecule has 0 aliphatic carbocycles. The van der Waals surface area contributed by atoms with Crippen molar-refractivity contribution >= 4 is 5.91 Å². The number of carbonyl (C=O) groups excluding carboxylic acids is 1. The lowest BCUT2D eigenvalue weighted by Crippen LogP contribution is -2.53. The minimum Gasteiger partial charge on any atom is -0.355 e. The highest BCUT2D eigenvalue weighted by Crippen LogP contribution is 2.17. The van der Waals surface area contributed by atoms with Crippen LogP contribution in [0.4, 0.5) is 0 Å². The SMILES string of the molecule is CC(C)N(C(C)C)[C@H]1CCC(=O)NC1. The highest BCUT2D eigenvalue weighted by molar-refractivity contribution is 5.76. The summed E-state index contributed by atoms with van der Waals surface area (Å²) in [6.07, 6.45) is 1.68. The van der Waals surface area contributed by atoms with Gasteiger partial charge in [-0.3, -0.25) is 9.69 Å². The second-order valence-electron chi connectivity index (χ2n) is 4.63. The maximum absolute atomic E-state index is 11.0. The summed E-state index contributed by atoms with van der Waals surface area (Å²) in [5.41, 5.74) is 0. The maximum atomic E-state index is 11.0. The van der Waals surface area contributed by atoms with Gasteiger partial charge < -0.3 is 5.32 Å². The van der Waals surface area contributed by atoms with E-state index in [1.165, 1.54) is 0 Å². The highest BCUT2D eigenvalue weighted by atomic mass is 16.1. The smallest absolute Gasteiger partial charge is 0.220 e. The average molecular weight is 198 g/mol. The Labute approximate surface area is 86.9 Å². The van der Waals surface area contributed by atoms with Crippen LogP contribution in [0.1, 0.15) is 40.5 Å². The van der Waals surface area contributed by atoms with Crippen LogP contribution in [0.2, 0.25) is 0 Å². The Bertz CT molecular complexity index is 183. The third kappa shape index (κ3) is 2.71. The van der Waals surface area contributed by atoms with Crippen LogP contribution in [-0.4, -0.2) is 35.5 Å². The van der Waals surface area contributed by atoms with Crippen molar-refractivity contribution in [3.63, 3.8) is 0 Å². The number of hydrogen-bond acceptors (Lipinski definition) is 2. The molecular weight excluding hydrogens is 176 g/mol. The van der Waals surface area contributed by atoms with E-state index in [1.54, 1.807) is 0 Å². The van der Waals surface area contributed by atoms with Gasteiger partial charge in [0.1, 0.15) is 0 Å². The molecule has 1 fully saturated rings. The monoisotopic (exact) mass is 198 g/mol. The Morgan fingerprint density at radius 2 is 1.86 bits per heavy atom. The number of carbonyl (C=O) groups is 1. The van der Waals surface area contributed by atoms with Crippen molar-refractivity contribution in [1.29, 1.82) is 0 Å². The van der Waals surface area contributed by atoms with Gasteiger partial charge >= 0.3 is 0 Å². The first-order valence-corrected chi connectivity index (χ1v) is 5.56. The van der Waals surface area contributed by atoms with Gasteiger partial charge in [-0.2, -0.15) is 0 Å². The molecule has 0 spiro atoms. The molecule has 0 aromatic heterocycles. The van der Waals surface area contributed by atoms with E-state index in [-0.39, 0.29) is 5.91 Å². The molecule has 3 nitrogen and oxygen atoms in total. The third-order valence-electron chi connectivity index (χ3n) is 2.85. The number of rotatable bonds is 3. The van der Waals surface area contributed by atoms with E-state index in [0.717, 1.165) is 13.0 Å². The Morgan fingerprint density at radius 3 is 2.21 bits per heavy atom. The number of piperidine rings is 1. The Hall–Kier alpha value is -0.570. The molecule has 3 heteroatoms. The standard InChI is InChI=1S/C11H22N2O/c1-8(2)13(9(3)4)10-5-6-11(14)12-7-10/h8-10H,5-7H2,1-4H3,(H,12,14)/t10-/m0/s1. The number of nitrogens with one attached hydrogen (secondary N) is 1. The summed E-state index contributed by atoms with van der Waals surface area (Å²) in [5.74, 6) is 0.203. The summed E-state index contributed by atoms with van der Waals surface area (Å²) < 4.78 is 0. The van der Waals surface area contributed by atoms with Gasteiger partial charge in [-0.1, -0.05) is 0 Å². The van der Waals surface area contributed by atoms with E-state index in [2.05, 4.69) is 37.9 Å². The Kier molecular flexibility index (Phi) is 3.93. The van der Waals surface area contributed by atoms with Crippen LogP contribution in [0, 0.1) is 0 Å². The van der Waals surface area contributed by atoms with Gasteiger partial charge in [0.2, 0.25) is 5.91 Å². The molecule has 1 heterocycles. The van der Waals surface area contributed by atoms with Crippen LogP contribution >= 0.6 is 0 Å². The number of hydrogen-bond donors (Lipinski definition) is 1. The van der Waals surface area contributed by atoms with Crippen molar-refractivity contribution in [3.05, 3.63) is 0 Å². The van der Waals surface area contributed by atoms with Crippen LogP contribution in [0.5, 0.6) is 0 Å². The van der Waals surface area contributed by atoms with Gasteiger partial charge in [0.15, 0.2) is 0 Å². The quantitative estimate of drug-likeness (QED) is 0.743. The zero-order valence-corrected chi connectivity index (χ0v) is 9.71. The molecule has 0 saturated carbocycles. The summed E-state index contributed by atoms with van der Waals surface area (Å²) in [5, 5.41) is 2.94. The fourth-order valence-corrected chi connectivity index (χ4v) is 2.41. The van der Waals surface area contributed by atoms with Gasteiger partial charge in [-0.05, 0) is 34.1 Å². The van der Waals surface area contributed by atoms with Gasteiger partial charge in [0, 0.05) is 31.1 Å². The molecule has 1 amide bonds. The summed E-state index contributed by atoms with van der Waals surface area (Å²) in [6, 6.07) is 1.62. The van der Waals surface area contributed by atoms with Crippen molar-refractivity contribution < 1.29 is 4.79 Å². The zero-order valence-electron chi connectivity index (χ0n) is 9.71. The van der Waals surface area contributed by atoms with Crippen LogP contribution in [0.3, 0.4) is 0 Å². The normalized spacial score (nSPS) is 23.4. The summed E-state index contributed by atoms with van der Waals surface area (Å²) >= 11 is 0. The van der Waals surface area contributed by atoms with Crippen molar-refractivity contribution in [2.45, 2.75) is 58.7 Å². The van der Waals surface area contributed by atoms with Crippen molar-refractivity contribution in [3.8, 4) is 0 Å². The summed E-state index contributed by atoms with van der Waals surface area (Å²) in [6.45, 7) is 9.69. The molecule has 1 aliphatic rings. The topological polar surface area (TPSA) is 32.3 Å². The van der Waals surface area contributed by atoms with Crippen LogP contribution in [0.25, 0.3) is 0 Å². The molecule has 0 unspecified atom stereocenters. The molecule has 82 valence electrons. The highest BCUT2D eigenvalue weighted by Gasteiger charge is 2.27. The van der Waals surface area contributed by atoms with E-state index < -0.39 is 0 Å². The van der Waals surface area contributed by atoms with Crippen molar-refractivity contribution in [1.82, 2.24) is 10.2 Å². The largest absolute Gasteiger partial charge is 0.355 e. The first-order valence-electron chi connectivity index (χ1n) is 5.56. The third-order valence-corrected chi connectivity index (χ3v) is 2.85. The Morgan fingerprint density at radius 1 is 1.29 bits per heavy atom. The van der Waals surface area contributed by atoms with Gasteiger partial charge in [-0.15, -0.1) is 0 Å². The van der Waals surface area contributed by atoms with Crippen LogP contribution in [0.15, 0.2) is 0 Å². The second-order valence-corrected chi connectivity index (χ2v) is 4.63. The van der Waals surface area contributed by atoms with E-state index in [9.17, 15) is 4.79 Å². The summed E-state index contributed by atoms with van der Waals surface area (Å²) in [7, 11) is 0. The van der Waals surface area contributed by atoms with E-state index in [1.807, 2.05) is 0 Å². The van der Waals surface area contributed by atoms with Crippen molar-refractivity contribution in [2.75, 3.05) is 6.54 Å². The molecule has 1 atom stereocenters. The molecule has 14 heavy (non-hydrogen) atoms. The summed E-state index contributed by atoms with van der Waals surface area (Å²) in [4.78, 5) is 13.5. The van der Waals surface area contributed by atoms with E-state index in [0.29, 0.717) is 24.5 Å².